The van der Waals surface area contributed by atoms with Crippen LogP contribution in [0.5, 0.6) is 5.75 Å². The van der Waals surface area contributed by atoms with Crippen LogP contribution in [0.15, 0.2) is 35.2 Å². The van der Waals surface area contributed by atoms with Gasteiger partial charge in [0, 0.05) is 11.4 Å². The van der Waals surface area contributed by atoms with E-state index in [0.717, 1.165) is 29.5 Å². The van der Waals surface area contributed by atoms with Gasteiger partial charge in [-0.25, -0.2) is 8.78 Å². The third kappa shape index (κ3) is 3.44. The Morgan fingerprint density at radius 2 is 1.90 bits per heavy atom. The van der Waals surface area contributed by atoms with Gasteiger partial charge in [0.2, 0.25) is 0 Å². The Balaban J connectivity index is 2.19. The van der Waals surface area contributed by atoms with Crippen LogP contribution in [0.4, 0.5) is 14.5 Å². The van der Waals surface area contributed by atoms with Gasteiger partial charge in [0.25, 0.3) is 0 Å². The van der Waals surface area contributed by atoms with E-state index < -0.39 is 11.6 Å². The van der Waals surface area contributed by atoms with Crippen LogP contribution in [-0.4, -0.2) is 7.11 Å². The van der Waals surface area contributed by atoms with Crippen molar-refractivity contribution in [1.29, 1.82) is 5.26 Å². The minimum Gasteiger partial charge on any atom is -0.495 e. The molecule has 0 saturated carbocycles. The number of halogens is 2. The van der Waals surface area contributed by atoms with Gasteiger partial charge in [0.05, 0.1) is 17.6 Å². The molecule has 0 aliphatic carbocycles. The van der Waals surface area contributed by atoms with Gasteiger partial charge in [-0.2, -0.15) is 5.26 Å². The molecule has 0 amide bonds. The smallest absolute Gasteiger partial charge is 0.141 e. The Hall–Kier alpha value is -2.26. The molecule has 21 heavy (non-hydrogen) atoms. The number of ether oxygens (including phenoxy) is 1. The molecule has 0 atom stereocenters. The third-order valence-corrected chi connectivity index (χ3v) is 3.95. The van der Waals surface area contributed by atoms with Gasteiger partial charge in [0.15, 0.2) is 0 Å². The van der Waals surface area contributed by atoms with Crippen molar-refractivity contribution >= 4 is 17.4 Å². The summed E-state index contributed by atoms with van der Waals surface area (Å²) in [6.07, 6.45) is 0. The van der Waals surface area contributed by atoms with E-state index in [1.54, 1.807) is 18.2 Å². The van der Waals surface area contributed by atoms with Crippen LogP contribution in [0.3, 0.4) is 0 Å². The second-order valence-electron chi connectivity index (χ2n) is 4.25. The summed E-state index contributed by atoms with van der Waals surface area (Å²) in [5.74, 6) is -0.579. The molecule has 3 nitrogen and oxygen atoms in total. The van der Waals surface area contributed by atoms with Crippen molar-refractivity contribution in [3.05, 3.63) is 53.1 Å². The largest absolute Gasteiger partial charge is 0.495 e. The van der Waals surface area contributed by atoms with Crippen molar-refractivity contribution in [3.63, 3.8) is 0 Å². The van der Waals surface area contributed by atoms with Gasteiger partial charge in [0.1, 0.15) is 23.5 Å². The summed E-state index contributed by atoms with van der Waals surface area (Å²) in [7, 11) is 1.46. The molecule has 2 rings (SSSR count). The zero-order chi connectivity index (χ0) is 15.4. The number of hydrogen-bond acceptors (Lipinski definition) is 4. The lowest BCUT2D eigenvalue weighted by molar-refractivity contribution is 0.413. The summed E-state index contributed by atoms with van der Waals surface area (Å²) in [5, 5.41) is 8.90. The zero-order valence-electron chi connectivity index (χ0n) is 11.2. The lowest BCUT2D eigenvalue weighted by atomic mass is 10.1. The van der Waals surface area contributed by atoms with Crippen LogP contribution in [0.1, 0.15) is 11.1 Å². The summed E-state index contributed by atoms with van der Waals surface area (Å²) < 4.78 is 32.4. The summed E-state index contributed by atoms with van der Waals surface area (Å²) in [6.45, 7) is 0. The number of hydrogen-bond donors (Lipinski definition) is 1. The van der Waals surface area contributed by atoms with Crippen LogP contribution in [0.25, 0.3) is 0 Å². The molecule has 6 heteroatoms. The highest BCUT2D eigenvalue weighted by Crippen LogP contribution is 2.31. The highest BCUT2D eigenvalue weighted by Gasteiger charge is 2.12. The van der Waals surface area contributed by atoms with Crippen molar-refractivity contribution in [2.24, 2.45) is 0 Å². The van der Waals surface area contributed by atoms with Gasteiger partial charge < -0.3 is 10.5 Å². The Labute approximate surface area is 125 Å². The molecule has 2 aromatic rings. The summed E-state index contributed by atoms with van der Waals surface area (Å²) in [5.41, 5.74) is 6.63. The number of rotatable bonds is 4. The van der Waals surface area contributed by atoms with E-state index in [9.17, 15) is 8.78 Å². The highest BCUT2D eigenvalue weighted by molar-refractivity contribution is 7.98. The van der Waals surface area contributed by atoms with Crippen molar-refractivity contribution in [3.8, 4) is 11.8 Å². The van der Waals surface area contributed by atoms with Crippen molar-refractivity contribution < 1.29 is 13.5 Å². The molecular weight excluding hydrogens is 294 g/mol. The predicted octanol–water partition coefficient (Wildman–Crippen LogP) is 3.72. The Bertz CT molecular complexity index is 690. The van der Waals surface area contributed by atoms with Crippen molar-refractivity contribution in [2.75, 3.05) is 12.8 Å². The van der Waals surface area contributed by atoms with Crippen LogP contribution in [-0.2, 0) is 5.75 Å². The Morgan fingerprint density at radius 1 is 1.24 bits per heavy atom. The van der Waals surface area contributed by atoms with E-state index in [0.29, 0.717) is 17.1 Å². The van der Waals surface area contributed by atoms with Crippen LogP contribution in [0, 0.1) is 23.0 Å². The molecule has 0 spiro atoms. The van der Waals surface area contributed by atoms with Crippen LogP contribution >= 0.6 is 11.8 Å². The standard InChI is InChI=1S/C15H12F2N2OS/c1-20-14-4-9(2-3-10(14)7-18)8-21-15-12(16)5-11(19)6-13(15)17/h2-6H,8,19H2,1H3. The molecule has 0 unspecified atom stereocenters. The van der Waals surface area contributed by atoms with Gasteiger partial charge in [-0.15, -0.1) is 11.8 Å². The number of thioether (sulfide) groups is 1. The van der Waals surface area contributed by atoms with Gasteiger partial charge in [-0.05, 0) is 29.8 Å². The number of benzene rings is 2. The van der Waals surface area contributed by atoms with Crippen LogP contribution in [0.2, 0.25) is 0 Å². The lowest BCUT2D eigenvalue weighted by Gasteiger charge is -2.08. The first kappa shape index (κ1) is 15.1. The highest BCUT2D eigenvalue weighted by atomic mass is 32.2. The molecule has 0 aliphatic heterocycles. The van der Waals surface area contributed by atoms with Crippen molar-refractivity contribution in [1.82, 2.24) is 0 Å². The maximum atomic E-state index is 13.7. The van der Waals surface area contributed by atoms with E-state index in [2.05, 4.69) is 0 Å². The first-order chi connectivity index (χ1) is 10.0. The van der Waals surface area contributed by atoms with E-state index >= 15 is 0 Å². The average Bonchev–Trinajstić information content (AvgIpc) is 2.45. The molecule has 0 aliphatic rings. The topological polar surface area (TPSA) is 59.0 Å². The number of nitriles is 1. The normalized spacial score (nSPS) is 10.2. The molecule has 0 aromatic heterocycles. The molecule has 0 heterocycles. The molecular formula is C15H12F2N2OS. The number of nitrogen functional groups attached to an aromatic ring is 1. The fraction of sp³-hybridized carbons (Fsp3) is 0.133. The minimum absolute atomic E-state index is 0.0504. The quantitative estimate of drug-likeness (QED) is 0.691. The van der Waals surface area contributed by atoms with Crippen molar-refractivity contribution in [2.45, 2.75) is 10.6 Å². The summed E-state index contributed by atoms with van der Waals surface area (Å²) >= 11 is 1.02. The lowest BCUT2D eigenvalue weighted by Crippen LogP contribution is -1.94. The van der Waals surface area contributed by atoms with Gasteiger partial charge >= 0.3 is 0 Å². The molecule has 108 valence electrons. The molecule has 0 radical (unpaired) electrons. The van der Waals surface area contributed by atoms with E-state index in [-0.39, 0.29) is 10.6 Å². The summed E-state index contributed by atoms with van der Waals surface area (Å²) in [6, 6.07) is 9.20. The van der Waals surface area contributed by atoms with Gasteiger partial charge in [-0.1, -0.05) is 6.07 Å². The Morgan fingerprint density at radius 3 is 2.48 bits per heavy atom. The first-order valence-corrected chi connectivity index (χ1v) is 6.98. The second-order valence-corrected chi connectivity index (χ2v) is 5.23. The number of anilines is 1. The number of nitrogens with zero attached hydrogens (tertiary/aromatic N) is 1. The predicted molar refractivity (Wildman–Crippen MR) is 78.0 cm³/mol. The van der Waals surface area contributed by atoms with E-state index in [1.807, 2.05) is 6.07 Å². The van der Waals surface area contributed by atoms with E-state index in [1.165, 1.54) is 7.11 Å². The van der Waals surface area contributed by atoms with Gasteiger partial charge in [-0.3, -0.25) is 0 Å². The average molecular weight is 306 g/mol. The summed E-state index contributed by atoms with van der Waals surface area (Å²) in [4.78, 5) is -0.0764. The zero-order valence-corrected chi connectivity index (χ0v) is 12.0. The first-order valence-electron chi connectivity index (χ1n) is 5.99. The number of nitrogens with two attached hydrogens (primary N) is 1. The number of methoxy groups -OCH3 is 1. The molecule has 2 aromatic carbocycles. The maximum Gasteiger partial charge on any atom is 0.141 e. The molecule has 0 saturated heterocycles. The fourth-order valence-electron chi connectivity index (χ4n) is 1.79. The maximum absolute atomic E-state index is 13.7. The second kappa shape index (κ2) is 6.46. The molecule has 0 fully saturated rings. The SMILES string of the molecule is COc1cc(CSc2c(F)cc(N)cc2F)ccc1C#N. The monoisotopic (exact) mass is 306 g/mol. The molecule has 2 N–H and O–H groups in total. The fourth-order valence-corrected chi connectivity index (χ4v) is 2.67. The molecule has 0 bridgehead atoms. The van der Waals surface area contributed by atoms with Crippen LogP contribution < -0.4 is 10.5 Å². The third-order valence-electron chi connectivity index (χ3n) is 2.79. The Kier molecular flexibility index (Phi) is 4.66. The minimum atomic E-state index is -0.682. The van der Waals surface area contributed by atoms with E-state index in [4.69, 9.17) is 15.7 Å².